The Morgan fingerprint density at radius 2 is 1.74 bits per heavy atom. The van der Waals surface area contributed by atoms with Gasteiger partial charge in [0.25, 0.3) is 11.8 Å². The highest BCUT2D eigenvalue weighted by molar-refractivity contribution is 7.99. The normalized spacial score (nSPS) is 12.8. The number of anilines is 1. The lowest BCUT2D eigenvalue weighted by Gasteiger charge is -2.24. The van der Waals surface area contributed by atoms with Gasteiger partial charge >= 0.3 is 0 Å². The molecule has 1 aliphatic rings. The van der Waals surface area contributed by atoms with E-state index in [2.05, 4.69) is 24.1 Å². The lowest BCUT2D eigenvalue weighted by Crippen LogP contribution is -2.35. The van der Waals surface area contributed by atoms with Gasteiger partial charge in [0, 0.05) is 33.5 Å². The van der Waals surface area contributed by atoms with Crippen molar-refractivity contribution >= 4 is 40.9 Å². The highest BCUT2D eigenvalue weighted by Gasteiger charge is 2.28. The van der Waals surface area contributed by atoms with Gasteiger partial charge in [-0.1, -0.05) is 67.5 Å². The first kappa shape index (κ1) is 24.3. The molecule has 5 nitrogen and oxygen atoms in total. The van der Waals surface area contributed by atoms with E-state index in [-0.39, 0.29) is 11.8 Å². The molecule has 0 fully saturated rings. The lowest BCUT2D eigenvalue weighted by molar-refractivity contribution is 0.0945. The molecule has 0 atom stereocenters. The van der Waals surface area contributed by atoms with E-state index < -0.39 is 0 Å². The van der Waals surface area contributed by atoms with E-state index >= 15 is 0 Å². The third-order valence-corrected chi connectivity index (χ3v) is 7.50. The number of likely N-dealkylation sites (N-methyl/N-ethyl adjacent to an activating group) is 1. The Hall–Kier alpha value is -2.80. The number of fused-ring (bicyclic) bond motifs is 2. The van der Waals surface area contributed by atoms with Crippen LogP contribution >= 0.6 is 23.4 Å². The SMILES string of the molecule is CCN(CC)CCNC(=O)c1ccc2c(c1)N(Cc1ccccc1Cl)C(=O)c1ccccc1S2. The zero-order valence-corrected chi connectivity index (χ0v) is 21.0. The van der Waals surface area contributed by atoms with Crippen LogP contribution in [0.25, 0.3) is 0 Å². The minimum Gasteiger partial charge on any atom is -0.351 e. The molecule has 4 rings (SSSR count). The first-order valence-corrected chi connectivity index (χ1v) is 12.7. The molecular formula is C27H28ClN3O2S. The highest BCUT2D eigenvalue weighted by Crippen LogP contribution is 2.42. The molecule has 0 aromatic heterocycles. The summed E-state index contributed by atoms with van der Waals surface area (Å²) in [6, 6.07) is 20.7. The predicted octanol–water partition coefficient (Wildman–Crippen LogP) is 5.72. The second kappa shape index (κ2) is 11.1. The van der Waals surface area contributed by atoms with Gasteiger partial charge in [-0.25, -0.2) is 0 Å². The number of benzene rings is 3. The van der Waals surface area contributed by atoms with Crippen LogP contribution in [0.5, 0.6) is 0 Å². The number of nitrogens with zero attached hydrogens (tertiary/aromatic N) is 2. The van der Waals surface area contributed by atoms with Gasteiger partial charge in [-0.05, 0) is 55.1 Å². The molecule has 0 saturated carbocycles. The second-order valence-electron chi connectivity index (χ2n) is 8.05. The molecule has 34 heavy (non-hydrogen) atoms. The van der Waals surface area contributed by atoms with Crippen molar-refractivity contribution in [2.45, 2.75) is 30.2 Å². The maximum absolute atomic E-state index is 13.7. The van der Waals surface area contributed by atoms with Gasteiger partial charge in [0.2, 0.25) is 0 Å². The first-order valence-electron chi connectivity index (χ1n) is 11.5. The summed E-state index contributed by atoms with van der Waals surface area (Å²) in [5.74, 6) is -0.257. The van der Waals surface area contributed by atoms with Gasteiger partial charge in [0.1, 0.15) is 0 Å². The zero-order valence-electron chi connectivity index (χ0n) is 19.4. The van der Waals surface area contributed by atoms with Crippen LogP contribution in [-0.2, 0) is 6.54 Å². The van der Waals surface area contributed by atoms with Crippen molar-refractivity contribution in [2.75, 3.05) is 31.1 Å². The van der Waals surface area contributed by atoms with Crippen molar-refractivity contribution in [3.8, 4) is 0 Å². The summed E-state index contributed by atoms with van der Waals surface area (Å²) in [6.45, 7) is 7.79. The first-order chi connectivity index (χ1) is 16.5. The van der Waals surface area contributed by atoms with Crippen LogP contribution in [0.2, 0.25) is 5.02 Å². The molecule has 1 aliphatic heterocycles. The largest absolute Gasteiger partial charge is 0.351 e. The van der Waals surface area contributed by atoms with Crippen molar-refractivity contribution < 1.29 is 9.59 Å². The third kappa shape index (κ3) is 5.30. The Morgan fingerprint density at radius 3 is 2.50 bits per heavy atom. The van der Waals surface area contributed by atoms with E-state index in [0.29, 0.717) is 34.9 Å². The van der Waals surface area contributed by atoms with Gasteiger partial charge in [-0.3, -0.25) is 9.59 Å². The summed E-state index contributed by atoms with van der Waals surface area (Å²) in [7, 11) is 0. The molecule has 7 heteroatoms. The van der Waals surface area contributed by atoms with Crippen molar-refractivity contribution in [1.82, 2.24) is 10.2 Å². The summed E-state index contributed by atoms with van der Waals surface area (Å²) >= 11 is 7.98. The molecule has 0 aliphatic carbocycles. The van der Waals surface area contributed by atoms with Gasteiger partial charge in [-0.2, -0.15) is 0 Å². The molecule has 3 aromatic carbocycles. The number of amides is 2. The van der Waals surface area contributed by atoms with E-state index in [1.54, 1.807) is 4.90 Å². The molecular weight excluding hydrogens is 466 g/mol. The van der Waals surface area contributed by atoms with Crippen LogP contribution in [-0.4, -0.2) is 42.9 Å². The summed E-state index contributed by atoms with van der Waals surface area (Å²) in [5, 5.41) is 3.61. The number of rotatable bonds is 8. The Morgan fingerprint density at radius 1 is 1.00 bits per heavy atom. The standard InChI is InChI=1S/C27H28ClN3O2S/c1-3-30(4-2)16-15-29-26(32)19-13-14-25-23(17-19)31(18-20-9-5-7-11-22(20)28)27(33)21-10-6-8-12-24(21)34-25/h5-14,17H,3-4,15-16,18H2,1-2H3,(H,29,32). The number of carbonyl (C=O) groups excluding carboxylic acids is 2. The Kier molecular flexibility index (Phi) is 7.93. The molecule has 0 radical (unpaired) electrons. The van der Waals surface area contributed by atoms with Crippen LogP contribution in [0.4, 0.5) is 5.69 Å². The summed E-state index contributed by atoms with van der Waals surface area (Å²) in [4.78, 5) is 32.4. The summed E-state index contributed by atoms with van der Waals surface area (Å²) in [5.41, 5.74) is 2.73. The van der Waals surface area contributed by atoms with Crippen molar-refractivity contribution in [2.24, 2.45) is 0 Å². The van der Waals surface area contributed by atoms with E-state index in [9.17, 15) is 9.59 Å². The maximum atomic E-state index is 13.7. The van der Waals surface area contributed by atoms with Crippen LogP contribution < -0.4 is 10.2 Å². The smallest absolute Gasteiger partial charge is 0.259 e. The van der Waals surface area contributed by atoms with Gasteiger partial charge in [0.15, 0.2) is 0 Å². The minimum absolute atomic E-state index is 0.110. The fraction of sp³-hybridized carbons (Fsp3) is 0.259. The summed E-state index contributed by atoms with van der Waals surface area (Å²) in [6.07, 6.45) is 0. The number of halogens is 1. The number of carbonyl (C=O) groups is 2. The summed E-state index contributed by atoms with van der Waals surface area (Å²) < 4.78 is 0. The van der Waals surface area contributed by atoms with Crippen LogP contribution in [0, 0.1) is 0 Å². The number of hydrogen-bond acceptors (Lipinski definition) is 4. The second-order valence-corrected chi connectivity index (χ2v) is 9.54. The van der Waals surface area contributed by atoms with E-state index in [4.69, 9.17) is 11.6 Å². The molecule has 1 N–H and O–H groups in total. The molecule has 3 aromatic rings. The zero-order chi connectivity index (χ0) is 24.1. The topological polar surface area (TPSA) is 52.7 Å². The number of nitrogens with one attached hydrogen (secondary N) is 1. The van der Waals surface area contributed by atoms with Crippen molar-refractivity contribution in [3.05, 3.63) is 88.4 Å². The third-order valence-electron chi connectivity index (χ3n) is 5.99. The maximum Gasteiger partial charge on any atom is 0.259 e. The van der Waals surface area contributed by atoms with Gasteiger partial charge in [0.05, 0.1) is 17.8 Å². The molecule has 2 amide bonds. The minimum atomic E-state index is -0.146. The lowest BCUT2D eigenvalue weighted by atomic mass is 10.1. The van der Waals surface area contributed by atoms with Crippen LogP contribution in [0.15, 0.2) is 76.5 Å². The van der Waals surface area contributed by atoms with Crippen molar-refractivity contribution in [1.29, 1.82) is 0 Å². The van der Waals surface area contributed by atoms with E-state index in [1.807, 2.05) is 66.7 Å². The Balaban J connectivity index is 1.67. The van der Waals surface area contributed by atoms with E-state index in [1.165, 1.54) is 11.8 Å². The molecule has 0 unspecified atom stereocenters. The van der Waals surface area contributed by atoms with Gasteiger partial charge < -0.3 is 15.1 Å². The van der Waals surface area contributed by atoms with E-state index in [0.717, 1.165) is 35.0 Å². The predicted molar refractivity (Wildman–Crippen MR) is 139 cm³/mol. The fourth-order valence-electron chi connectivity index (χ4n) is 3.98. The quantitative estimate of drug-likeness (QED) is 0.436. The Labute approximate surface area is 210 Å². The van der Waals surface area contributed by atoms with Crippen LogP contribution in [0.1, 0.15) is 40.1 Å². The van der Waals surface area contributed by atoms with Crippen LogP contribution in [0.3, 0.4) is 0 Å². The molecule has 176 valence electrons. The molecule has 0 spiro atoms. The fourth-order valence-corrected chi connectivity index (χ4v) is 5.24. The van der Waals surface area contributed by atoms with Gasteiger partial charge in [-0.15, -0.1) is 0 Å². The Bertz CT molecular complexity index is 1200. The highest BCUT2D eigenvalue weighted by atomic mass is 35.5. The monoisotopic (exact) mass is 493 g/mol. The molecule has 0 saturated heterocycles. The average molecular weight is 494 g/mol. The molecule has 1 heterocycles. The molecule has 0 bridgehead atoms. The number of hydrogen-bond donors (Lipinski definition) is 1. The average Bonchev–Trinajstić information content (AvgIpc) is 2.97. The van der Waals surface area contributed by atoms with Crippen molar-refractivity contribution in [3.63, 3.8) is 0 Å².